The molecule has 0 spiro atoms. The number of hydrogen-bond acceptors (Lipinski definition) is 2. The fourth-order valence-electron chi connectivity index (χ4n) is 9.88. The number of para-hydroxylation sites is 1. The van der Waals surface area contributed by atoms with Crippen LogP contribution in [-0.2, 0) is 5.41 Å². The van der Waals surface area contributed by atoms with Crippen molar-refractivity contribution >= 4 is 42.9 Å². The summed E-state index contributed by atoms with van der Waals surface area (Å²) in [5.41, 5.74) is 16.5. The van der Waals surface area contributed by atoms with Crippen LogP contribution >= 0.6 is 11.3 Å². The molecule has 2 unspecified atom stereocenters. The van der Waals surface area contributed by atoms with Gasteiger partial charge in [0.15, 0.2) is 0 Å². The van der Waals surface area contributed by atoms with Crippen LogP contribution in [-0.4, -0.2) is 6.04 Å². The highest BCUT2D eigenvalue weighted by Crippen LogP contribution is 2.54. The molecule has 2 heteroatoms. The van der Waals surface area contributed by atoms with E-state index in [2.05, 4.69) is 231 Å². The van der Waals surface area contributed by atoms with Crippen LogP contribution in [0.25, 0.3) is 64.7 Å². The molecule has 11 rings (SSSR count). The number of benzene rings is 8. The fraction of sp³-hybridized carbons (Fsp3) is 0.0877. The van der Waals surface area contributed by atoms with Gasteiger partial charge in [0.25, 0.3) is 0 Å². The zero-order chi connectivity index (χ0) is 39.5. The molecule has 282 valence electrons. The van der Waals surface area contributed by atoms with Gasteiger partial charge in [-0.05, 0) is 86.0 Å². The maximum absolute atomic E-state index is 2.60. The Labute approximate surface area is 350 Å². The Balaban J connectivity index is 1.09. The molecule has 0 bridgehead atoms. The third-order valence-corrected chi connectivity index (χ3v) is 13.9. The highest BCUT2D eigenvalue weighted by atomic mass is 32.1. The summed E-state index contributed by atoms with van der Waals surface area (Å²) in [6, 6.07) is 69.7. The Morgan fingerprint density at radius 3 is 1.97 bits per heavy atom. The number of anilines is 2. The maximum atomic E-state index is 2.60. The van der Waals surface area contributed by atoms with Gasteiger partial charge in [0.2, 0.25) is 0 Å². The van der Waals surface area contributed by atoms with Gasteiger partial charge in [-0.2, -0.15) is 0 Å². The van der Waals surface area contributed by atoms with Gasteiger partial charge in [0, 0.05) is 48.4 Å². The van der Waals surface area contributed by atoms with E-state index in [-0.39, 0.29) is 17.4 Å². The molecule has 59 heavy (non-hydrogen) atoms. The first-order valence-electron chi connectivity index (χ1n) is 20.7. The van der Waals surface area contributed by atoms with E-state index in [1.807, 2.05) is 11.3 Å². The van der Waals surface area contributed by atoms with E-state index in [1.54, 1.807) is 0 Å². The van der Waals surface area contributed by atoms with Crippen molar-refractivity contribution < 1.29 is 0 Å². The quantitative estimate of drug-likeness (QED) is 0.156. The summed E-state index contributed by atoms with van der Waals surface area (Å²) >= 11 is 1.87. The molecule has 0 saturated carbocycles. The van der Waals surface area contributed by atoms with Crippen molar-refractivity contribution in [1.29, 1.82) is 0 Å². The molecule has 0 radical (unpaired) electrons. The Kier molecular flexibility index (Phi) is 8.57. The minimum Gasteiger partial charge on any atom is -0.333 e. The Morgan fingerprint density at radius 1 is 0.458 bits per heavy atom. The third kappa shape index (κ3) is 5.89. The fourth-order valence-corrected chi connectivity index (χ4v) is 11.0. The van der Waals surface area contributed by atoms with Gasteiger partial charge in [-0.15, -0.1) is 11.3 Å². The maximum Gasteiger partial charge on any atom is 0.0629 e. The van der Waals surface area contributed by atoms with Crippen LogP contribution in [0.15, 0.2) is 212 Å². The average Bonchev–Trinajstić information content (AvgIpc) is 3.79. The van der Waals surface area contributed by atoms with E-state index in [1.165, 1.54) is 87.1 Å². The molecule has 0 aliphatic heterocycles. The first-order valence-corrected chi connectivity index (χ1v) is 21.5. The van der Waals surface area contributed by atoms with Crippen LogP contribution in [0.1, 0.15) is 36.5 Å². The molecule has 1 heterocycles. The largest absolute Gasteiger partial charge is 0.333 e. The van der Waals surface area contributed by atoms with Crippen LogP contribution in [0.2, 0.25) is 0 Å². The highest BCUT2D eigenvalue weighted by molar-refractivity contribution is 7.25. The lowest BCUT2D eigenvalue weighted by Crippen LogP contribution is -2.35. The molecule has 0 amide bonds. The molecule has 0 saturated heterocycles. The van der Waals surface area contributed by atoms with Crippen LogP contribution < -0.4 is 4.90 Å². The zero-order valence-electron chi connectivity index (χ0n) is 33.2. The molecule has 0 fully saturated rings. The molecule has 2 aliphatic rings. The summed E-state index contributed by atoms with van der Waals surface area (Å²) in [5.74, 6) is 0.0839. The van der Waals surface area contributed by atoms with Gasteiger partial charge < -0.3 is 4.90 Å². The molecule has 2 atom stereocenters. The predicted molar refractivity (Wildman–Crippen MR) is 253 cm³/mol. The average molecular weight is 774 g/mol. The lowest BCUT2D eigenvalue weighted by atomic mass is 9.81. The Hall–Kier alpha value is -6.74. The van der Waals surface area contributed by atoms with Gasteiger partial charge in [0.1, 0.15) is 0 Å². The summed E-state index contributed by atoms with van der Waals surface area (Å²) in [6.07, 6.45) is 9.26. The standard InChI is InChI=1S/C57H43NS/c1-57(2)50-26-12-8-24-49(50)56-48(25-16-27-51(56)57)45-22-10-14-29-53(45)58(52-28-13-9-21-44(52)43-20-7-6-19-42(43)39-17-4-3-5-18-39)41-34-31-38(32-35-41)40-33-36-47-46-23-11-15-30-54(46)59-55(47)37-40/h3-37,44,52H,1-2H3. The minimum atomic E-state index is -0.0889. The number of nitrogens with zero attached hydrogens (tertiary/aromatic N) is 1. The zero-order valence-corrected chi connectivity index (χ0v) is 34.0. The third-order valence-electron chi connectivity index (χ3n) is 12.7. The summed E-state index contributed by atoms with van der Waals surface area (Å²) in [7, 11) is 0. The summed E-state index contributed by atoms with van der Waals surface area (Å²) in [5, 5.41) is 2.66. The summed E-state index contributed by atoms with van der Waals surface area (Å²) < 4.78 is 2.65. The lowest BCUT2D eigenvalue weighted by molar-refractivity contribution is 0.660. The van der Waals surface area contributed by atoms with E-state index in [4.69, 9.17) is 0 Å². The number of allylic oxidation sites excluding steroid dienone is 2. The van der Waals surface area contributed by atoms with E-state index in [0.717, 1.165) is 5.69 Å². The lowest BCUT2D eigenvalue weighted by Gasteiger charge is -2.39. The van der Waals surface area contributed by atoms with Crippen molar-refractivity contribution in [2.24, 2.45) is 0 Å². The topological polar surface area (TPSA) is 3.24 Å². The first kappa shape index (κ1) is 35.4. The van der Waals surface area contributed by atoms with E-state index in [0.29, 0.717) is 0 Å². The molecule has 8 aromatic carbocycles. The molecular formula is C57H43NS. The van der Waals surface area contributed by atoms with Crippen LogP contribution in [0.5, 0.6) is 0 Å². The number of fused-ring (bicyclic) bond motifs is 6. The smallest absolute Gasteiger partial charge is 0.0629 e. The second-order valence-corrected chi connectivity index (χ2v) is 17.5. The van der Waals surface area contributed by atoms with Crippen LogP contribution in [0, 0.1) is 0 Å². The van der Waals surface area contributed by atoms with Crippen molar-refractivity contribution in [2.75, 3.05) is 4.90 Å². The predicted octanol–water partition coefficient (Wildman–Crippen LogP) is 15.8. The number of rotatable bonds is 7. The molecule has 2 aliphatic carbocycles. The van der Waals surface area contributed by atoms with Gasteiger partial charge in [-0.1, -0.05) is 196 Å². The Morgan fingerprint density at radius 2 is 1.10 bits per heavy atom. The summed E-state index contributed by atoms with van der Waals surface area (Å²) in [6.45, 7) is 4.74. The number of thiophene rings is 1. The van der Waals surface area contributed by atoms with Crippen LogP contribution in [0.4, 0.5) is 11.4 Å². The van der Waals surface area contributed by atoms with E-state index < -0.39 is 0 Å². The second kappa shape index (κ2) is 14.3. The van der Waals surface area contributed by atoms with Crippen LogP contribution in [0.3, 0.4) is 0 Å². The number of hydrogen-bond donors (Lipinski definition) is 0. The van der Waals surface area contributed by atoms with Crippen molar-refractivity contribution in [3.8, 4) is 44.5 Å². The van der Waals surface area contributed by atoms with E-state index in [9.17, 15) is 0 Å². The molecule has 0 N–H and O–H groups in total. The normalized spacial score (nSPS) is 16.3. The van der Waals surface area contributed by atoms with Gasteiger partial charge in [0.05, 0.1) is 6.04 Å². The monoisotopic (exact) mass is 773 g/mol. The molecule has 1 nitrogen and oxygen atoms in total. The van der Waals surface area contributed by atoms with Crippen molar-refractivity contribution in [3.63, 3.8) is 0 Å². The van der Waals surface area contributed by atoms with E-state index >= 15 is 0 Å². The molecular weight excluding hydrogens is 731 g/mol. The summed E-state index contributed by atoms with van der Waals surface area (Å²) in [4.78, 5) is 2.60. The SMILES string of the molecule is CC1(C)c2ccccc2-c2c(-c3ccccc3N(c3ccc(-c4ccc5c(c4)sc4ccccc45)cc3)C3C=CC=CC3c3ccccc3-c3ccccc3)cccc21. The molecule has 9 aromatic rings. The second-order valence-electron chi connectivity index (χ2n) is 16.4. The van der Waals surface area contributed by atoms with Crippen molar-refractivity contribution in [1.82, 2.24) is 0 Å². The van der Waals surface area contributed by atoms with Crippen molar-refractivity contribution in [2.45, 2.75) is 31.2 Å². The Bertz CT molecular complexity index is 3090. The van der Waals surface area contributed by atoms with Gasteiger partial charge in [-0.25, -0.2) is 0 Å². The minimum absolute atomic E-state index is 0.00718. The first-order chi connectivity index (χ1) is 29.0. The van der Waals surface area contributed by atoms with Gasteiger partial charge in [-0.3, -0.25) is 0 Å². The van der Waals surface area contributed by atoms with Gasteiger partial charge >= 0.3 is 0 Å². The van der Waals surface area contributed by atoms with Crippen molar-refractivity contribution in [3.05, 3.63) is 229 Å². The highest BCUT2D eigenvalue weighted by Gasteiger charge is 2.38. The molecule has 1 aromatic heterocycles.